The molecule has 0 spiro atoms. The van der Waals surface area contributed by atoms with Crippen LogP contribution in [0.5, 0.6) is 5.88 Å². The molecule has 0 bridgehead atoms. The summed E-state index contributed by atoms with van der Waals surface area (Å²) in [5, 5.41) is -0.142. The molecule has 22 heavy (non-hydrogen) atoms. The molecular formula is C15H23N3O3S. The molecule has 122 valence electrons. The Balaban J connectivity index is 1.50. The first kappa shape index (κ1) is 15.7. The molecular weight excluding hydrogens is 302 g/mol. The van der Waals surface area contributed by atoms with Crippen molar-refractivity contribution >= 4 is 10.0 Å². The fraction of sp³-hybridized carbons (Fsp3) is 0.667. The van der Waals surface area contributed by atoms with Crippen LogP contribution in [0.15, 0.2) is 18.3 Å². The molecule has 1 atom stereocenters. The summed E-state index contributed by atoms with van der Waals surface area (Å²) >= 11 is 0. The van der Waals surface area contributed by atoms with E-state index in [9.17, 15) is 8.42 Å². The van der Waals surface area contributed by atoms with Crippen LogP contribution < -0.4 is 9.46 Å². The lowest BCUT2D eigenvalue weighted by Gasteiger charge is -2.16. The molecule has 2 fully saturated rings. The maximum Gasteiger partial charge on any atom is 0.214 e. The Labute approximate surface area is 131 Å². The van der Waals surface area contributed by atoms with E-state index in [-0.39, 0.29) is 11.3 Å². The van der Waals surface area contributed by atoms with E-state index in [1.165, 1.54) is 0 Å². The largest absolute Gasteiger partial charge is 0.478 e. The summed E-state index contributed by atoms with van der Waals surface area (Å²) in [5.41, 5.74) is 1.12. The smallest absolute Gasteiger partial charge is 0.214 e. The number of sulfonamides is 1. The number of aromatic nitrogens is 1. The van der Waals surface area contributed by atoms with Gasteiger partial charge in [-0.1, -0.05) is 6.07 Å². The Kier molecular flexibility index (Phi) is 4.65. The number of hydrogen-bond donors (Lipinski definition) is 1. The molecule has 1 saturated heterocycles. The standard InChI is InChI=1S/C15H23N3O3S/c1-2-21-15-6-3-12(9-16-15)10-18-8-7-13(11-18)17-22(19,20)14-4-5-14/h3,6,9,13-14,17H,2,4-5,7-8,10-11H2,1H3. The number of nitrogens with one attached hydrogen (secondary N) is 1. The van der Waals surface area contributed by atoms with Gasteiger partial charge in [-0.3, -0.25) is 4.90 Å². The summed E-state index contributed by atoms with van der Waals surface area (Å²) in [6.07, 6.45) is 4.32. The van der Waals surface area contributed by atoms with Crippen molar-refractivity contribution in [3.63, 3.8) is 0 Å². The molecule has 2 aliphatic rings. The van der Waals surface area contributed by atoms with Crippen LogP contribution in [0, 0.1) is 0 Å². The fourth-order valence-corrected chi connectivity index (χ4v) is 4.38. The number of likely N-dealkylation sites (tertiary alicyclic amines) is 1. The summed E-state index contributed by atoms with van der Waals surface area (Å²) in [4.78, 5) is 6.52. The quantitative estimate of drug-likeness (QED) is 0.814. The van der Waals surface area contributed by atoms with Crippen LogP contribution in [-0.2, 0) is 16.6 Å². The second-order valence-corrected chi connectivity index (χ2v) is 8.01. The van der Waals surface area contributed by atoms with Crippen molar-refractivity contribution in [1.29, 1.82) is 0 Å². The van der Waals surface area contributed by atoms with E-state index in [2.05, 4.69) is 14.6 Å². The van der Waals surface area contributed by atoms with E-state index >= 15 is 0 Å². The number of pyridine rings is 1. The molecule has 1 N–H and O–H groups in total. The molecule has 0 amide bonds. The molecule has 1 unspecified atom stereocenters. The maximum absolute atomic E-state index is 12.0. The number of hydrogen-bond acceptors (Lipinski definition) is 5. The minimum absolute atomic E-state index is 0.0428. The third kappa shape index (κ3) is 3.97. The Morgan fingerprint density at radius 2 is 2.18 bits per heavy atom. The van der Waals surface area contributed by atoms with E-state index in [1.807, 2.05) is 25.3 Å². The SMILES string of the molecule is CCOc1ccc(CN2CCC(NS(=O)(=O)C3CC3)C2)cn1. The van der Waals surface area contributed by atoms with Gasteiger partial charge < -0.3 is 4.74 Å². The molecule has 7 heteroatoms. The first-order valence-corrected chi connectivity index (χ1v) is 9.42. The van der Waals surface area contributed by atoms with Gasteiger partial charge in [-0.15, -0.1) is 0 Å². The second kappa shape index (κ2) is 6.52. The van der Waals surface area contributed by atoms with Crippen LogP contribution >= 0.6 is 0 Å². The summed E-state index contributed by atoms with van der Waals surface area (Å²) in [5.74, 6) is 0.641. The number of ether oxygens (including phenoxy) is 1. The van der Waals surface area contributed by atoms with E-state index in [0.717, 1.165) is 44.5 Å². The van der Waals surface area contributed by atoms with Gasteiger partial charge in [0.2, 0.25) is 15.9 Å². The predicted octanol–water partition coefficient (Wildman–Crippen LogP) is 1.14. The summed E-state index contributed by atoms with van der Waals surface area (Å²) in [7, 11) is -3.08. The van der Waals surface area contributed by atoms with Gasteiger partial charge in [-0.05, 0) is 31.7 Å². The highest BCUT2D eigenvalue weighted by Crippen LogP contribution is 2.28. The normalized spacial score (nSPS) is 22.9. The van der Waals surface area contributed by atoms with Gasteiger partial charge in [0.25, 0.3) is 0 Å². The van der Waals surface area contributed by atoms with Crippen molar-refractivity contribution in [3.8, 4) is 5.88 Å². The Morgan fingerprint density at radius 1 is 1.36 bits per heavy atom. The highest BCUT2D eigenvalue weighted by molar-refractivity contribution is 7.90. The molecule has 2 heterocycles. The summed E-state index contributed by atoms with van der Waals surface area (Å²) in [6, 6.07) is 3.93. The van der Waals surface area contributed by atoms with Crippen LogP contribution in [0.3, 0.4) is 0 Å². The zero-order chi connectivity index (χ0) is 15.6. The first-order chi connectivity index (χ1) is 10.6. The van der Waals surface area contributed by atoms with Crippen molar-refractivity contribution in [3.05, 3.63) is 23.9 Å². The molecule has 0 aromatic carbocycles. The van der Waals surface area contributed by atoms with Gasteiger partial charge in [0.15, 0.2) is 0 Å². The third-order valence-corrected chi connectivity index (χ3v) is 6.07. The van der Waals surface area contributed by atoms with Crippen molar-refractivity contribution in [1.82, 2.24) is 14.6 Å². The van der Waals surface area contributed by atoms with Gasteiger partial charge in [0.05, 0.1) is 11.9 Å². The summed E-state index contributed by atoms with van der Waals surface area (Å²) in [6.45, 7) is 5.01. The Morgan fingerprint density at radius 3 is 2.82 bits per heavy atom. The zero-order valence-electron chi connectivity index (χ0n) is 12.9. The number of rotatable bonds is 7. The van der Waals surface area contributed by atoms with Gasteiger partial charge in [-0.25, -0.2) is 18.1 Å². The molecule has 1 aliphatic carbocycles. The molecule has 3 rings (SSSR count). The predicted molar refractivity (Wildman–Crippen MR) is 84.2 cm³/mol. The highest BCUT2D eigenvalue weighted by atomic mass is 32.2. The summed E-state index contributed by atoms with van der Waals surface area (Å²) < 4.78 is 32.1. The maximum atomic E-state index is 12.0. The monoisotopic (exact) mass is 325 g/mol. The lowest BCUT2D eigenvalue weighted by atomic mass is 10.2. The number of nitrogens with zero attached hydrogens (tertiary/aromatic N) is 2. The molecule has 1 aliphatic heterocycles. The zero-order valence-corrected chi connectivity index (χ0v) is 13.7. The minimum Gasteiger partial charge on any atom is -0.478 e. The van der Waals surface area contributed by atoms with E-state index in [1.54, 1.807) is 0 Å². The fourth-order valence-electron chi connectivity index (χ4n) is 2.78. The van der Waals surface area contributed by atoms with Crippen LogP contribution in [0.25, 0.3) is 0 Å². The lowest BCUT2D eigenvalue weighted by molar-refractivity contribution is 0.318. The topological polar surface area (TPSA) is 71.5 Å². The minimum atomic E-state index is -3.08. The van der Waals surface area contributed by atoms with E-state index in [4.69, 9.17) is 4.74 Å². The molecule has 1 aromatic rings. The van der Waals surface area contributed by atoms with E-state index < -0.39 is 10.0 Å². The van der Waals surface area contributed by atoms with Gasteiger partial charge in [0, 0.05) is 37.9 Å². The third-order valence-electron chi connectivity index (χ3n) is 4.06. The van der Waals surface area contributed by atoms with Crippen LogP contribution in [0.2, 0.25) is 0 Å². The van der Waals surface area contributed by atoms with Gasteiger partial charge in [-0.2, -0.15) is 0 Å². The average Bonchev–Trinajstić information content (AvgIpc) is 3.26. The van der Waals surface area contributed by atoms with Crippen LogP contribution in [0.1, 0.15) is 31.7 Å². The Bertz CT molecular complexity index is 599. The molecule has 6 nitrogen and oxygen atoms in total. The molecule has 1 aromatic heterocycles. The lowest BCUT2D eigenvalue weighted by Crippen LogP contribution is -2.38. The molecule has 1 saturated carbocycles. The first-order valence-electron chi connectivity index (χ1n) is 7.88. The van der Waals surface area contributed by atoms with Crippen molar-refractivity contribution < 1.29 is 13.2 Å². The average molecular weight is 325 g/mol. The second-order valence-electron chi connectivity index (χ2n) is 6.02. The van der Waals surface area contributed by atoms with E-state index in [0.29, 0.717) is 12.5 Å². The van der Waals surface area contributed by atoms with Crippen molar-refractivity contribution in [2.24, 2.45) is 0 Å². The van der Waals surface area contributed by atoms with Crippen LogP contribution in [-0.4, -0.2) is 49.3 Å². The highest BCUT2D eigenvalue weighted by Gasteiger charge is 2.38. The van der Waals surface area contributed by atoms with Gasteiger partial charge >= 0.3 is 0 Å². The van der Waals surface area contributed by atoms with Gasteiger partial charge in [0.1, 0.15) is 0 Å². The van der Waals surface area contributed by atoms with Crippen LogP contribution in [0.4, 0.5) is 0 Å². The van der Waals surface area contributed by atoms with Crippen molar-refractivity contribution in [2.45, 2.75) is 44.0 Å². The molecule has 0 radical (unpaired) electrons. The Hall–Kier alpha value is -1.18. The van der Waals surface area contributed by atoms with Crippen molar-refractivity contribution in [2.75, 3.05) is 19.7 Å².